The monoisotopic (exact) mass is 399 g/mol. The van der Waals surface area contributed by atoms with Crippen LogP contribution in [0, 0.1) is 19.7 Å². The largest absolute Gasteiger partial charge is 0.307 e. The van der Waals surface area contributed by atoms with Crippen LogP contribution < -0.4 is 10.0 Å². The summed E-state index contributed by atoms with van der Waals surface area (Å²) in [5.41, 5.74) is 1.98. The molecule has 0 aliphatic heterocycles. The Morgan fingerprint density at radius 2 is 1.71 bits per heavy atom. The van der Waals surface area contributed by atoms with Gasteiger partial charge in [-0.25, -0.2) is 17.8 Å². The summed E-state index contributed by atoms with van der Waals surface area (Å²) in [6, 6.07) is 12.7. The highest BCUT2D eigenvalue weighted by Crippen LogP contribution is 2.20. The average molecular weight is 399 g/mol. The summed E-state index contributed by atoms with van der Waals surface area (Å²) in [4.78, 5) is 16.6. The number of sulfonamides is 1. The fourth-order valence-corrected chi connectivity index (χ4v) is 3.62. The first-order valence-corrected chi connectivity index (χ1v) is 9.86. The minimum atomic E-state index is -3.95. The second-order valence-electron chi connectivity index (χ2n) is 6.26. The molecule has 0 fully saturated rings. The second-order valence-corrected chi connectivity index (χ2v) is 7.94. The van der Waals surface area contributed by atoms with Gasteiger partial charge in [0.05, 0.1) is 4.90 Å². The van der Waals surface area contributed by atoms with Gasteiger partial charge in [-0.05, 0) is 73.5 Å². The molecule has 0 aliphatic carbocycles. The van der Waals surface area contributed by atoms with Crippen molar-refractivity contribution in [3.05, 3.63) is 83.3 Å². The van der Waals surface area contributed by atoms with Crippen LogP contribution in [0.1, 0.15) is 21.5 Å². The van der Waals surface area contributed by atoms with Crippen molar-refractivity contribution in [1.29, 1.82) is 0 Å². The Bertz CT molecular complexity index is 1130. The van der Waals surface area contributed by atoms with Crippen molar-refractivity contribution in [1.82, 2.24) is 4.98 Å². The van der Waals surface area contributed by atoms with E-state index < -0.39 is 21.7 Å². The van der Waals surface area contributed by atoms with Gasteiger partial charge >= 0.3 is 0 Å². The van der Waals surface area contributed by atoms with Crippen LogP contribution in [0.5, 0.6) is 0 Å². The van der Waals surface area contributed by atoms with E-state index in [1.165, 1.54) is 24.3 Å². The molecule has 1 amide bonds. The molecule has 3 aromatic rings. The SMILES string of the molecule is Cc1ccnc(NC(=O)c2cc(S(=O)(=O)Nc3ccc(F)cc3)ccc2C)c1. The number of hydrogen-bond donors (Lipinski definition) is 2. The van der Waals surface area contributed by atoms with E-state index in [1.807, 2.05) is 6.92 Å². The molecule has 0 spiro atoms. The Morgan fingerprint density at radius 3 is 2.39 bits per heavy atom. The van der Waals surface area contributed by atoms with Crippen LogP contribution in [0.3, 0.4) is 0 Å². The van der Waals surface area contributed by atoms with Crippen LogP contribution in [0.25, 0.3) is 0 Å². The molecule has 0 saturated carbocycles. The maximum absolute atomic E-state index is 13.0. The number of anilines is 2. The molecular formula is C20H18FN3O3S. The normalized spacial score (nSPS) is 11.1. The van der Waals surface area contributed by atoms with Crippen molar-refractivity contribution in [3.63, 3.8) is 0 Å². The lowest BCUT2D eigenvalue weighted by atomic mass is 10.1. The van der Waals surface area contributed by atoms with Gasteiger partial charge in [-0.2, -0.15) is 0 Å². The molecule has 1 aromatic heterocycles. The van der Waals surface area contributed by atoms with Gasteiger partial charge in [0.25, 0.3) is 15.9 Å². The summed E-state index contributed by atoms with van der Waals surface area (Å²) in [7, 11) is -3.95. The molecule has 3 rings (SSSR count). The van der Waals surface area contributed by atoms with Gasteiger partial charge in [0, 0.05) is 17.4 Å². The van der Waals surface area contributed by atoms with Gasteiger partial charge in [-0.1, -0.05) is 6.07 Å². The van der Waals surface area contributed by atoms with Crippen LogP contribution >= 0.6 is 0 Å². The summed E-state index contributed by atoms with van der Waals surface area (Å²) >= 11 is 0. The van der Waals surface area contributed by atoms with E-state index in [0.29, 0.717) is 11.4 Å². The minimum Gasteiger partial charge on any atom is -0.307 e. The molecule has 0 bridgehead atoms. The molecule has 0 saturated heterocycles. The number of pyridine rings is 1. The average Bonchev–Trinajstić information content (AvgIpc) is 2.63. The number of rotatable bonds is 5. The first kappa shape index (κ1) is 19.5. The van der Waals surface area contributed by atoms with Gasteiger partial charge < -0.3 is 5.32 Å². The third-order valence-electron chi connectivity index (χ3n) is 4.02. The Morgan fingerprint density at radius 1 is 1.00 bits per heavy atom. The van der Waals surface area contributed by atoms with Crippen LogP contribution in [-0.4, -0.2) is 19.3 Å². The molecule has 0 aliphatic rings. The summed E-state index contributed by atoms with van der Waals surface area (Å²) in [5, 5.41) is 2.67. The van der Waals surface area contributed by atoms with Gasteiger partial charge in [0.1, 0.15) is 11.6 Å². The Labute approximate surface area is 162 Å². The highest BCUT2D eigenvalue weighted by molar-refractivity contribution is 7.92. The molecular weight excluding hydrogens is 381 g/mol. The number of aryl methyl sites for hydroxylation is 2. The van der Waals surface area contributed by atoms with Crippen molar-refractivity contribution in [2.24, 2.45) is 0 Å². The highest BCUT2D eigenvalue weighted by atomic mass is 32.2. The third-order valence-corrected chi connectivity index (χ3v) is 5.40. The first-order chi connectivity index (χ1) is 13.2. The number of nitrogens with one attached hydrogen (secondary N) is 2. The zero-order valence-corrected chi connectivity index (χ0v) is 16.0. The molecule has 2 aromatic carbocycles. The number of amides is 1. The predicted molar refractivity (Wildman–Crippen MR) is 105 cm³/mol. The van der Waals surface area contributed by atoms with Crippen molar-refractivity contribution in [2.75, 3.05) is 10.0 Å². The van der Waals surface area contributed by atoms with Gasteiger partial charge in [-0.15, -0.1) is 0 Å². The number of halogens is 1. The molecule has 0 atom stereocenters. The smallest absolute Gasteiger partial charge is 0.261 e. The van der Waals surface area contributed by atoms with Gasteiger partial charge in [0.2, 0.25) is 0 Å². The number of hydrogen-bond acceptors (Lipinski definition) is 4. The molecule has 0 unspecified atom stereocenters. The Balaban J connectivity index is 1.87. The van der Waals surface area contributed by atoms with Crippen LogP contribution in [0.2, 0.25) is 0 Å². The number of benzene rings is 2. The van der Waals surface area contributed by atoms with E-state index in [1.54, 1.807) is 31.3 Å². The zero-order valence-electron chi connectivity index (χ0n) is 15.2. The quantitative estimate of drug-likeness (QED) is 0.681. The van der Waals surface area contributed by atoms with Crippen molar-refractivity contribution < 1.29 is 17.6 Å². The topological polar surface area (TPSA) is 88.2 Å². The number of aromatic nitrogens is 1. The molecule has 2 N–H and O–H groups in total. The number of nitrogens with zero attached hydrogens (tertiary/aromatic N) is 1. The Kier molecular flexibility index (Phi) is 5.41. The van der Waals surface area contributed by atoms with E-state index in [4.69, 9.17) is 0 Å². The molecule has 6 nitrogen and oxygen atoms in total. The van der Waals surface area contributed by atoms with Crippen LogP contribution in [-0.2, 0) is 10.0 Å². The number of carbonyl (C=O) groups is 1. The first-order valence-electron chi connectivity index (χ1n) is 8.38. The fourth-order valence-electron chi connectivity index (χ4n) is 2.53. The van der Waals surface area contributed by atoms with Crippen LogP contribution in [0.4, 0.5) is 15.9 Å². The van der Waals surface area contributed by atoms with E-state index in [-0.39, 0.29) is 16.1 Å². The maximum atomic E-state index is 13.0. The van der Waals surface area contributed by atoms with E-state index in [0.717, 1.165) is 17.7 Å². The van der Waals surface area contributed by atoms with Gasteiger partial charge in [0.15, 0.2) is 0 Å². The summed E-state index contributed by atoms with van der Waals surface area (Å²) in [6.07, 6.45) is 1.57. The minimum absolute atomic E-state index is 0.0789. The van der Waals surface area contributed by atoms with E-state index >= 15 is 0 Å². The van der Waals surface area contributed by atoms with Gasteiger partial charge in [-0.3, -0.25) is 9.52 Å². The number of carbonyl (C=O) groups excluding carboxylic acids is 1. The summed E-state index contributed by atoms with van der Waals surface area (Å²) < 4.78 is 40.6. The third kappa shape index (κ3) is 4.52. The van der Waals surface area contributed by atoms with Crippen molar-refractivity contribution in [2.45, 2.75) is 18.7 Å². The summed E-state index contributed by atoms with van der Waals surface area (Å²) in [6.45, 7) is 3.58. The van der Waals surface area contributed by atoms with E-state index in [9.17, 15) is 17.6 Å². The predicted octanol–water partition coefficient (Wildman–Crippen LogP) is 3.89. The second kappa shape index (κ2) is 7.77. The molecule has 8 heteroatoms. The van der Waals surface area contributed by atoms with Crippen molar-refractivity contribution in [3.8, 4) is 0 Å². The highest BCUT2D eigenvalue weighted by Gasteiger charge is 2.18. The fraction of sp³-hybridized carbons (Fsp3) is 0.100. The van der Waals surface area contributed by atoms with E-state index in [2.05, 4.69) is 15.0 Å². The Hall–Kier alpha value is -3.26. The van der Waals surface area contributed by atoms with Crippen molar-refractivity contribution >= 4 is 27.4 Å². The lowest BCUT2D eigenvalue weighted by Crippen LogP contribution is -2.17. The van der Waals surface area contributed by atoms with Crippen LogP contribution in [0.15, 0.2) is 65.7 Å². The lowest BCUT2D eigenvalue weighted by Gasteiger charge is -2.12. The molecule has 28 heavy (non-hydrogen) atoms. The summed E-state index contributed by atoms with van der Waals surface area (Å²) in [5.74, 6) is -0.557. The molecule has 1 heterocycles. The molecule has 0 radical (unpaired) electrons. The maximum Gasteiger partial charge on any atom is 0.261 e. The zero-order chi connectivity index (χ0) is 20.3. The molecule has 144 valence electrons. The standard InChI is InChI=1S/C20H18FN3O3S/c1-13-9-10-22-19(11-13)23-20(25)18-12-17(8-3-14(18)2)28(26,27)24-16-6-4-15(21)5-7-16/h3-12,24H,1-2H3,(H,22,23,25). The lowest BCUT2D eigenvalue weighted by molar-refractivity contribution is 0.102.